The molecule has 0 unspecified atom stereocenters. The minimum absolute atomic E-state index is 0.0827. The molecule has 6 nitrogen and oxygen atoms in total. The number of hydrogen-bond acceptors (Lipinski definition) is 6. The van der Waals surface area contributed by atoms with Gasteiger partial charge in [-0.05, 0) is 29.8 Å². The van der Waals surface area contributed by atoms with Crippen molar-refractivity contribution in [2.75, 3.05) is 19.9 Å². The normalized spacial score (nSPS) is 27.3. The molecule has 1 saturated carbocycles. The lowest BCUT2D eigenvalue weighted by molar-refractivity contribution is 0.174. The molecule has 0 radical (unpaired) electrons. The standard InChI is InChI=1S/C18H19NO5S/c19-9-18(10-20)16(12-6-7-14-15(8-12)24-11-23-14)17(18)25(21,22)13-4-2-1-3-5-13/h1-8,16-17,20H,9-11,19H2/t16-,17+,18+/m1/s1. The Labute approximate surface area is 146 Å². The number of benzene rings is 2. The summed E-state index contributed by atoms with van der Waals surface area (Å²) in [5, 5.41) is 9.20. The minimum Gasteiger partial charge on any atom is -0.454 e. The van der Waals surface area contributed by atoms with E-state index in [0.717, 1.165) is 5.56 Å². The Hall–Kier alpha value is -2.09. The van der Waals surface area contributed by atoms with Gasteiger partial charge in [0.15, 0.2) is 21.3 Å². The summed E-state index contributed by atoms with van der Waals surface area (Å²) in [6.45, 7) is -0.0596. The molecular weight excluding hydrogens is 342 g/mol. The number of aliphatic hydroxyl groups is 1. The second-order valence-corrected chi connectivity index (χ2v) is 8.53. The van der Waals surface area contributed by atoms with Crippen LogP contribution >= 0.6 is 0 Å². The van der Waals surface area contributed by atoms with E-state index in [1.54, 1.807) is 42.5 Å². The van der Waals surface area contributed by atoms with Crippen LogP contribution in [-0.2, 0) is 9.84 Å². The first kappa shape index (κ1) is 16.4. The second-order valence-electron chi connectivity index (χ2n) is 6.46. The third-order valence-electron chi connectivity index (χ3n) is 5.22. The molecule has 3 N–H and O–H groups in total. The van der Waals surface area contributed by atoms with Gasteiger partial charge in [-0.25, -0.2) is 8.42 Å². The predicted molar refractivity (Wildman–Crippen MR) is 91.3 cm³/mol. The van der Waals surface area contributed by atoms with Gasteiger partial charge in [-0.15, -0.1) is 0 Å². The summed E-state index contributed by atoms with van der Waals surface area (Å²) in [6.07, 6.45) is 0. The van der Waals surface area contributed by atoms with Crippen molar-refractivity contribution < 1.29 is 23.0 Å². The first-order chi connectivity index (χ1) is 12.0. The van der Waals surface area contributed by atoms with Crippen LogP contribution in [0, 0.1) is 5.41 Å². The predicted octanol–water partition coefficient (Wildman–Crippen LogP) is 1.29. The quantitative estimate of drug-likeness (QED) is 0.833. The van der Waals surface area contributed by atoms with Gasteiger partial charge in [-0.3, -0.25) is 0 Å². The Kier molecular flexibility index (Phi) is 3.75. The van der Waals surface area contributed by atoms with E-state index in [4.69, 9.17) is 15.2 Å². The molecule has 1 heterocycles. The SMILES string of the molecule is NC[C@]1(CO)[C@H](c2ccc3c(c2)OCO3)[C@@H]1S(=O)(=O)c1ccccc1. The van der Waals surface area contributed by atoms with Crippen LogP contribution in [0.25, 0.3) is 0 Å². The molecule has 2 aromatic rings. The molecule has 0 bridgehead atoms. The third kappa shape index (κ3) is 2.34. The summed E-state index contributed by atoms with van der Waals surface area (Å²) in [4.78, 5) is 0.245. The summed E-state index contributed by atoms with van der Waals surface area (Å²) < 4.78 is 36.9. The smallest absolute Gasteiger partial charge is 0.231 e. The average Bonchev–Trinajstić information content (AvgIpc) is 3.12. The summed E-state index contributed by atoms with van der Waals surface area (Å²) in [7, 11) is -3.62. The number of fused-ring (bicyclic) bond motifs is 1. The van der Waals surface area contributed by atoms with E-state index in [-0.39, 0.29) is 30.8 Å². The van der Waals surface area contributed by atoms with E-state index in [2.05, 4.69) is 0 Å². The molecule has 0 saturated heterocycles. The van der Waals surface area contributed by atoms with Gasteiger partial charge in [0.05, 0.1) is 16.8 Å². The molecule has 1 aliphatic heterocycles. The highest BCUT2D eigenvalue weighted by molar-refractivity contribution is 7.92. The summed E-state index contributed by atoms with van der Waals surface area (Å²) in [5.74, 6) is 0.834. The maximum atomic E-state index is 13.1. The summed E-state index contributed by atoms with van der Waals surface area (Å²) in [5.41, 5.74) is 5.80. The molecule has 132 valence electrons. The zero-order valence-electron chi connectivity index (χ0n) is 13.5. The molecular formula is C18H19NO5S. The minimum atomic E-state index is -3.62. The van der Waals surface area contributed by atoms with E-state index in [1.165, 1.54) is 0 Å². The van der Waals surface area contributed by atoms with Gasteiger partial charge in [-0.1, -0.05) is 24.3 Å². The van der Waals surface area contributed by atoms with Crippen LogP contribution in [0.3, 0.4) is 0 Å². The Morgan fingerprint density at radius 2 is 1.84 bits per heavy atom. The number of ether oxygens (including phenoxy) is 2. The highest BCUT2D eigenvalue weighted by atomic mass is 32.2. The lowest BCUT2D eigenvalue weighted by atomic mass is 10.00. The zero-order valence-corrected chi connectivity index (χ0v) is 14.3. The molecule has 25 heavy (non-hydrogen) atoms. The monoisotopic (exact) mass is 361 g/mol. The van der Waals surface area contributed by atoms with E-state index >= 15 is 0 Å². The highest BCUT2D eigenvalue weighted by Crippen LogP contribution is 2.63. The van der Waals surface area contributed by atoms with Crippen LogP contribution in [0.1, 0.15) is 11.5 Å². The molecule has 1 fully saturated rings. The second kappa shape index (κ2) is 5.72. The first-order valence-corrected chi connectivity index (χ1v) is 9.58. The van der Waals surface area contributed by atoms with E-state index in [1.807, 2.05) is 6.07 Å². The number of aliphatic hydroxyl groups excluding tert-OH is 1. The van der Waals surface area contributed by atoms with Gasteiger partial charge >= 0.3 is 0 Å². The number of hydrogen-bond donors (Lipinski definition) is 2. The fourth-order valence-electron chi connectivity index (χ4n) is 3.81. The first-order valence-electron chi connectivity index (χ1n) is 8.04. The van der Waals surface area contributed by atoms with Crippen LogP contribution in [0.5, 0.6) is 11.5 Å². The van der Waals surface area contributed by atoms with Crippen LogP contribution in [0.15, 0.2) is 53.4 Å². The lowest BCUT2D eigenvalue weighted by Crippen LogP contribution is -2.27. The molecule has 0 aromatic heterocycles. The fourth-order valence-corrected chi connectivity index (χ4v) is 6.28. The third-order valence-corrected chi connectivity index (χ3v) is 7.56. The average molecular weight is 361 g/mol. The van der Waals surface area contributed by atoms with Gasteiger partial charge in [0.25, 0.3) is 0 Å². The van der Waals surface area contributed by atoms with E-state index < -0.39 is 20.5 Å². The van der Waals surface area contributed by atoms with Crippen molar-refractivity contribution in [3.8, 4) is 11.5 Å². The number of rotatable bonds is 5. The van der Waals surface area contributed by atoms with Gasteiger partial charge < -0.3 is 20.3 Å². The Morgan fingerprint density at radius 1 is 1.12 bits per heavy atom. The van der Waals surface area contributed by atoms with Gasteiger partial charge in [0, 0.05) is 17.9 Å². The Balaban J connectivity index is 1.77. The van der Waals surface area contributed by atoms with Gasteiger partial charge in [0.2, 0.25) is 6.79 Å². The highest BCUT2D eigenvalue weighted by Gasteiger charge is 2.70. The van der Waals surface area contributed by atoms with Crippen molar-refractivity contribution in [1.82, 2.24) is 0 Å². The summed E-state index contributed by atoms with van der Waals surface area (Å²) in [6, 6.07) is 13.7. The van der Waals surface area contributed by atoms with Crippen LogP contribution in [0.2, 0.25) is 0 Å². The topological polar surface area (TPSA) is 98.8 Å². The maximum Gasteiger partial charge on any atom is 0.231 e. The molecule has 2 aromatic carbocycles. The van der Waals surface area contributed by atoms with Gasteiger partial charge in [-0.2, -0.15) is 0 Å². The lowest BCUT2D eigenvalue weighted by Gasteiger charge is -2.12. The van der Waals surface area contributed by atoms with Crippen molar-refractivity contribution in [3.63, 3.8) is 0 Å². The van der Waals surface area contributed by atoms with Crippen LogP contribution < -0.4 is 15.2 Å². The molecule has 1 aliphatic carbocycles. The van der Waals surface area contributed by atoms with Gasteiger partial charge in [0.1, 0.15) is 0 Å². The van der Waals surface area contributed by atoms with Crippen molar-refractivity contribution in [2.45, 2.75) is 16.1 Å². The molecule has 0 amide bonds. The van der Waals surface area contributed by atoms with E-state index in [0.29, 0.717) is 11.5 Å². The number of sulfone groups is 1. The molecule has 3 atom stereocenters. The van der Waals surface area contributed by atoms with Crippen molar-refractivity contribution in [2.24, 2.45) is 11.1 Å². The van der Waals surface area contributed by atoms with Crippen LogP contribution in [-0.4, -0.2) is 38.7 Å². The van der Waals surface area contributed by atoms with Crippen molar-refractivity contribution >= 4 is 9.84 Å². The molecule has 7 heteroatoms. The zero-order chi connectivity index (χ0) is 17.7. The van der Waals surface area contributed by atoms with Crippen molar-refractivity contribution in [3.05, 3.63) is 54.1 Å². The van der Waals surface area contributed by atoms with Crippen LogP contribution in [0.4, 0.5) is 0 Å². The van der Waals surface area contributed by atoms with Crippen molar-refractivity contribution in [1.29, 1.82) is 0 Å². The summed E-state index contributed by atoms with van der Waals surface area (Å²) >= 11 is 0. The largest absolute Gasteiger partial charge is 0.454 e. The Morgan fingerprint density at radius 3 is 2.52 bits per heavy atom. The molecule has 4 rings (SSSR count). The number of nitrogens with two attached hydrogens (primary N) is 1. The maximum absolute atomic E-state index is 13.1. The molecule has 0 spiro atoms. The molecule has 2 aliphatic rings. The fraction of sp³-hybridized carbons (Fsp3) is 0.333. The van der Waals surface area contributed by atoms with E-state index in [9.17, 15) is 13.5 Å². The Bertz CT molecular complexity index is 893.